The maximum absolute atomic E-state index is 12.3. The first-order chi connectivity index (χ1) is 12.5. The van der Waals surface area contributed by atoms with Crippen LogP contribution in [0, 0.1) is 6.92 Å². The fourth-order valence-electron chi connectivity index (χ4n) is 2.51. The number of ether oxygens (including phenoxy) is 1. The van der Waals surface area contributed by atoms with Crippen LogP contribution in [0.4, 0.5) is 0 Å². The van der Waals surface area contributed by atoms with Crippen LogP contribution in [-0.2, 0) is 9.53 Å². The molecule has 0 unspecified atom stereocenters. The number of thiophene rings is 1. The lowest BCUT2D eigenvalue weighted by Gasteiger charge is -2.11. The van der Waals surface area contributed by atoms with Gasteiger partial charge in [-0.05, 0) is 38.5 Å². The molecule has 2 aromatic heterocycles. The van der Waals surface area contributed by atoms with Gasteiger partial charge in [0.25, 0.3) is 5.91 Å². The Bertz CT molecular complexity index is 930. The number of rotatable bonds is 6. The van der Waals surface area contributed by atoms with E-state index in [1.165, 1.54) is 11.3 Å². The zero-order valence-corrected chi connectivity index (χ0v) is 15.8. The van der Waals surface area contributed by atoms with Crippen LogP contribution in [0.2, 0.25) is 0 Å². The van der Waals surface area contributed by atoms with Crippen molar-refractivity contribution in [2.45, 2.75) is 33.2 Å². The first kappa shape index (κ1) is 18.1. The summed E-state index contributed by atoms with van der Waals surface area (Å²) in [5.41, 5.74) is 1.77. The van der Waals surface area contributed by atoms with Gasteiger partial charge < -0.3 is 10.1 Å². The molecule has 0 aliphatic heterocycles. The van der Waals surface area contributed by atoms with Gasteiger partial charge in [-0.3, -0.25) is 4.79 Å². The van der Waals surface area contributed by atoms with Crippen LogP contribution in [0.15, 0.2) is 36.4 Å². The summed E-state index contributed by atoms with van der Waals surface area (Å²) in [6, 6.07) is 11.6. The number of hydrogen-bond donors (Lipinski definition) is 1. The second-order valence-corrected chi connectivity index (χ2v) is 7.15. The summed E-state index contributed by atoms with van der Waals surface area (Å²) in [4.78, 5) is 25.4. The largest absolute Gasteiger partial charge is 0.451 e. The van der Waals surface area contributed by atoms with E-state index in [1.807, 2.05) is 55.8 Å². The molecule has 1 N–H and O–H groups in total. The van der Waals surface area contributed by atoms with Gasteiger partial charge in [-0.15, -0.1) is 11.3 Å². The number of carbonyl (C=O) groups excluding carboxylic acids is 2. The highest BCUT2D eigenvalue weighted by atomic mass is 32.1. The SMILES string of the molecule is CC[C@@H](C)NC(=O)COC(=O)c1cc2c(C)nn(-c3ccccc3)c2s1. The molecule has 0 radical (unpaired) electrons. The van der Waals surface area contributed by atoms with E-state index in [9.17, 15) is 9.59 Å². The van der Waals surface area contributed by atoms with Crippen molar-refractivity contribution in [3.63, 3.8) is 0 Å². The quantitative estimate of drug-likeness (QED) is 0.674. The topological polar surface area (TPSA) is 73.2 Å². The van der Waals surface area contributed by atoms with Crippen molar-refractivity contribution in [1.29, 1.82) is 0 Å². The highest BCUT2D eigenvalue weighted by molar-refractivity contribution is 7.20. The minimum absolute atomic E-state index is 0.0602. The molecule has 0 aliphatic rings. The third kappa shape index (κ3) is 3.77. The summed E-state index contributed by atoms with van der Waals surface area (Å²) in [6.07, 6.45) is 0.825. The van der Waals surface area contributed by atoms with Crippen molar-refractivity contribution >= 4 is 33.4 Å². The lowest BCUT2D eigenvalue weighted by Crippen LogP contribution is -2.35. The van der Waals surface area contributed by atoms with Crippen molar-refractivity contribution in [3.8, 4) is 5.69 Å². The number of esters is 1. The van der Waals surface area contributed by atoms with Gasteiger partial charge in [0.2, 0.25) is 0 Å². The lowest BCUT2D eigenvalue weighted by atomic mass is 10.2. The second-order valence-electron chi connectivity index (χ2n) is 6.12. The molecule has 7 heteroatoms. The zero-order valence-electron chi connectivity index (χ0n) is 15.0. The van der Waals surface area contributed by atoms with Crippen LogP contribution in [0.5, 0.6) is 0 Å². The van der Waals surface area contributed by atoms with Crippen LogP contribution < -0.4 is 5.32 Å². The van der Waals surface area contributed by atoms with E-state index in [-0.39, 0.29) is 18.6 Å². The normalized spacial score (nSPS) is 12.1. The van der Waals surface area contributed by atoms with Crippen LogP contribution in [0.1, 0.15) is 35.6 Å². The second kappa shape index (κ2) is 7.70. The summed E-state index contributed by atoms with van der Waals surface area (Å²) in [5, 5.41) is 8.23. The Labute approximate surface area is 155 Å². The van der Waals surface area contributed by atoms with Crippen molar-refractivity contribution in [1.82, 2.24) is 15.1 Å². The van der Waals surface area contributed by atoms with Crippen molar-refractivity contribution in [3.05, 3.63) is 47.0 Å². The monoisotopic (exact) mass is 371 g/mol. The van der Waals surface area contributed by atoms with E-state index in [4.69, 9.17) is 4.74 Å². The number of aromatic nitrogens is 2. The summed E-state index contributed by atoms with van der Waals surface area (Å²) in [5.74, 6) is -0.787. The fraction of sp³-hybridized carbons (Fsp3) is 0.316. The Morgan fingerprint density at radius 3 is 2.73 bits per heavy atom. The summed E-state index contributed by atoms with van der Waals surface area (Å²) >= 11 is 1.31. The molecule has 26 heavy (non-hydrogen) atoms. The van der Waals surface area contributed by atoms with Gasteiger partial charge >= 0.3 is 5.97 Å². The number of nitrogens with one attached hydrogen (secondary N) is 1. The van der Waals surface area contributed by atoms with E-state index in [2.05, 4.69) is 10.4 Å². The van der Waals surface area contributed by atoms with E-state index >= 15 is 0 Å². The molecule has 6 nitrogen and oxygen atoms in total. The third-order valence-electron chi connectivity index (χ3n) is 4.10. The molecule has 0 aliphatic carbocycles. The first-order valence-corrected chi connectivity index (χ1v) is 9.32. The molecular formula is C19H21N3O3S. The molecule has 0 fully saturated rings. The third-order valence-corrected chi connectivity index (χ3v) is 5.19. The Hall–Kier alpha value is -2.67. The number of carbonyl (C=O) groups is 2. The molecule has 3 aromatic rings. The van der Waals surface area contributed by atoms with E-state index in [1.54, 1.807) is 6.07 Å². The summed E-state index contributed by atoms with van der Waals surface area (Å²) in [6.45, 7) is 5.51. The minimum atomic E-state index is -0.496. The number of para-hydroxylation sites is 1. The summed E-state index contributed by atoms with van der Waals surface area (Å²) < 4.78 is 6.97. The molecule has 136 valence electrons. The van der Waals surface area contributed by atoms with Gasteiger partial charge in [0.1, 0.15) is 9.71 Å². The number of benzene rings is 1. The molecule has 1 aromatic carbocycles. The van der Waals surface area contributed by atoms with Crippen molar-refractivity contribution in [2.24, 2.45) is 0 Å². The van der Waals surface area contributed by atoms with Gasteiger partial charge in [0.05, 0.1) is 11.4 Å². The number of hydrogen-bond acceptors (Lipinski definition) is 5. The van der Waals surface area contributed by atoms with Crippen LogP contribution in [-0.4, -0.2) is 34.3 Å². The molecule has 1 amide bonds. The number of amides is 1. The maximum Gasteiger partial charge on any atom is 0.348 e. The van der Waals surface area contributed by atoms with Gasteiger partial charge in [-0.2, -0.15) is 5.10 Å². The van der Waals surface area contributed by atoms with E-state index in [0.29, 0.717) is 4.88 Å². The first-order valence-electron chi connectivity index (χ1n) is 8.50. The standard InChI is InChI=1S/C19H21N3O3S/c1-4-12(2)20-17(23)11-25-19(24)16-10-15-13(3)21-22(18(15)26-16)14-8-6-5-7-9-14/h5-10,12H,4,11H2,1-3H3,(H,20,23)/t12-/m1/s1. The summed E-state index contributed by atoms with van der Waals surface area (Å²) in [7, 11) is 0. The van der Waals surface area contributed by atoms with Crippen molar-refractivity contribution < 1.29 is 14.3 Å². The van der Waals surface area contributed by atoms with Crippen LogP contribution in [0.25, 0.3) is 15.9 Å². The lowest BCUT2D eigenvalue weighted by molar-refractivity contribution is -0.124. The molecule has 3 rings (SSSR count). The molecule has 0 saturated carbocycles. The minimum Gasteiger partial charge on any atom is -0.451 e. The zero-order chi connectivity index (χ0) is 18.7. The highest BCUT2D eigenvalue weighted by Crippen LogP contribution is 2.30. The van der Waals surface area contributed by atoms with Crippen LogP contribution in [0.3, 0.4) is 0 Å². The fourth-order valence-corrected chi connectivity index (χ4v) is 3.59. The van der Waals surface area contributed by atoms with Crippen LogP contribution >= 0.6 is 11.3 Å². The molecule has 2 heterocycles. The van der Waals surface area contributed by atoms with Gasteiger partial charge in [0.15, 0.2) is 6.61 Å². The van der Waals surface area contributed by atoms with Crippen molar-refractivity contribution in [2.75, 3.05) is 6.61 Å². The Morgan fingerprint density at radius 2 is 2.04 bits per heavy atom. The molecule has 1 atom stereocenters. The Kier molecular flexibility index (Phi) is 5.37. The Balaban J connectivity index is 1.77. The number of nitrogens with zero attached hydrogens (tertiary/aromatic N) is 2. The molecule has 0 saturated heterocycles. The smallest absolute Gasteiger partial charge is 0.348 e. The predicted molar refractivity (Wildman–Crippen MR) is 102 cm³/mol. The van der Waals surface area contributed by atoms with Gasteiger partial charge in [0, 0.05) is 11.4 Å². The molecule has 0 bridgehead atoms. The highest BCUT2D eigenvalue weighted by Gasteiger charge is 2.19. The number of fused-ring (bicyclic) bond motifs is 1. The van der Waals surface area contributed by atoms with E-state index in [0.717, 1.165) is 28.0 Å². The average molecular weight is 371 g/mol. The molecular weight excluding hydrogens is 350 g/mol. The average Bonchev–Trinajstić information content (AvgIpc) is 3.21. The maximum atomic E-state index is 12.3. The number of aryl methyl sites for hydroxylation is 1. The van der Waals surface area contributed by atoms with Gasteiger partial charge in [-0.1, -0.05) is 25.1 Å². The Morgan fingerprint density at radius 1 is 1.31 bits per heavy atom. The van der Waals surface area contributed by atoms with E-state index < -0.39 is 5.97 Å². The molecule has 0 spiro atoms. The van der Waals surface area contributed by atoms with Gasteiger partial charge in [-0.25, -0.2) is 9.48 Å². The predicted octanol–water partition coefficient (Wildman–Crippen LogP) is 3.47.